The Kier molecular flexibility index (Phi) is 5.82. The number of rotatable bonds is 5. The summed E-state index contributed by atoms with van der Waals surface area (Å²) < 4.78 is 5.06. The highest BCUT2D eigenvalue weighted by Crippen LogP contribution is 2.25. The fourth-order valence-corrected chi connectivity index (χ4v) is 2.19. The first kappa shape index (κ1) is 17.8. The normalized spacial score (nSPS) is 10.4. The smallest absolute Gasteiger partial charge is 0.255 e. The van der Waals surface area contributed by atoms with Gasteiger partial charge in [0.25, 0.3) is 5.91 Å². The zero-order valence-corrected chi connectivity index (χ0v) is 14.5. The van der Waals surface area contributed by atoms with Crippen molar-refractivity contribution in [3.8, 4) is 5.75 Å². The van der Waals surface area contributed by atoms with Gasteiger partial charge in [0.2, 0.25) is 5.91 Å². The molecule has 0 unspecified atom stereocenters. The van der Waals surface area contributed by atoms with E-state index in [1.54, 1.807) is 42.5 Å². The van der Waals surface area contributed by atoms with Crippen molar-refractivity contribution in [3.05, 3.63) is 53.1 Å². The Morgan fingerprint density at radius 3 is 2.08 bits per heavy atom. The topological polar surface area (TPSA) is 67.4 Å². The van der Waals surface area contributed by atoms with E-state index < -0.39 is 0 Å². The minimum atomic E-state index is -0.279. The molecule has 2 aromatic carbocycles. The van der Waals surface area contributed by atoms with Gasteiger partial charge in [-0.15, -0.1) is 0 Å². The van der Waals surface area contributed by atoms with Crippen LogP contribution in [-0.4, -0.2) is 18.9 Å². The standard InChI is InChI=1S/C18H19ClN2O3/c1-11(2)17(22)20-13-5-7-14(8-6-13)21-18(23)12-4-9-16(24-3)15(19)10-12/h4-11H,1-3H3,(H,20,22)(H,21,23). The molecule has 5 nitrogen and oxygen atoms in total. The molecule has 126 valence electrons. The van der Waals surface area contributed by atoms with Crippen molar-refractivity contribution in [1.29, 1.82) is 0 Å². The summed E-state index contributed by atoms with van der Waals surface area (Å²) in [4.78, 5) is 23.9. The van der Waals surface area contributed by atoms with Crippen molar-refractivity contribution in [3.63, 3.8) is 0 Å². The van der Waals surface area contributed by atoms with Crippen LogP contribution in [0.4, 0.5) is 11.4 Å². The predicted octanol–water partition coefficient (Wildman–Crippen LogP) is 4.20. The Hall–Kier alpha value is -2.53. The molecule has 0 bridgehead atoms. The number of methoxy groups -OCH3 is 1. The fourth-order valence-electron chi connectivity index (χ4n) is 1.93. The van der Waals surface area contributed by atoms with E-state index in [1.807, 2.05) is 13.8 Å². The summed E-state index contributed by atoms with van der Waals surface area (Å²) in [6.45, 7) is 3.65. The van der Waals surface area contributed by atoms with Gasteiger partial charge in [-0.25, -0.2) is 0 Å². The molecule has 6 heteroatoms. The summed E-state index contributed by atoms with van der Waals surface area (Å²) >= 11 is 6.03. The van der Waals surface area contributed by atoms with E-state index in [-0.39, 0.29) is 17.7 Å². The number of carbonyl (C=O) groups excluding carboxylic acids is 2. The van der Waals surface area contributed by atoms with Crippen LogP contribution >= 0.6 is 11.6 Å². The van der Waals surface area contributed by atoms with Gasteiger partial charge in [0.05, 0.1) is 12.1 Å². The summed E-state index contributed by atoms with van der Waals surface area (Å²) in [6, 6.07) is 11.7. The number of hydrogen-bond acceptors (Lipinski definition) is 3. The number of carbonyl (C=O) groups is 2. The van der Waals surface area contributed by atoms with Gasteiger partial charge in [-0.05, 0) is 42.5 Å². The molecule has 0 aliphatic carbocycles. The van der Waals surface area contributed by atoms with E-state index >= 15 is 0 Å². The molecule has 2 rings (SSSR count). The second-order valence-corrected chi connectivity index (χ2v) is 5.93. The summed E-state index contributed by atoms with van der Waals surface area (Å²) in [7, 11) is 1.51. The van der Waals surface area contributed by atoms with Gasteiger partial charge >= 0.3 is 0 Å². The number of benzene rings is 2. The van der Waals surface area contributed by atoms with E-state index in [2.05, 4.69) is 10.6 Å². The number of halogens is 1. The summed E-state index contributed by atoms with van der Waals surface area (Å²) in [6.07, 6.45) is 0. The summed E-state index contributed by atoms with van der Waals surface area (Å²) in [5.41, 5.74) is 1.73. The second-order valence-electron chi connectivity index (χ2n) is 5.52. The molecule has 0 saturated carbocycles. The highest BCUT2D eigenvalue weighted by molar-refractivity contribution is 6.32. The molecule has 0 fully saturated rings. The van der Waals surface area contributed by atoms with E-state index in [9.17, 15) is 9.59 Å². The Balaban J connectivity index is 2.04. The van der Waals surface area contributed by atoms with Crippen LogP contribution in [0.25, 0.3) is 0 Å². The molecule has 0 aromatic heterocycles. The van der Waals surface area contributed by atoms with Crippen molar-refractivity contribution in [2.24, 2.45) is 5.92 Å². The van der Waals surface area contributed by atoms with Gasteiger partial charge in [-0.3, -0.25) is 9.59 Å². The van der Waals surface area contributed by atoms with Crippen molar-refractivity contribution in [1.82, 2.24) is 0 Å². The second kappa shape index (κ2) is 7.84. The first-order valence-electron chi connectivity index (χ1n) is 7.46. The van der Waals surface area contributed by atoms with Gasteiger partial charge in [0, 0.05) is 22.9 Å². The quantitative estimate of drug-likeness (QED) is 0.852. The highest BCUT2D eigenvalue weighted by Gasteiger charge is 2.10. The maximum absolute atomic E-state index is 12.2. The predicted molar refractivity (Wildman–Crippen MR) is 95.9 cm³/mol. The van der Waals surface area contributed by atoms with Crippen molar-refractivity contribution in [2.45, 2.75) is 13.8 Å². The molecule has 0 spiro atoms. The SMILES string of the molecule is COc1ccc(C(=O)Nc2ccc(NC(=O)C(C)C)cc2)cc1Cl. The Bertz CT molecular complexity index is 742. The number of hydrogen-bond donors (Lipinski definition) is 2. The lowest BCUT2D eigenvalue weighted by Gasteiger charge is -2.10. The Morgan fingerprint density at radius 1 is 1.00 bits per heavy atom. The Morgan fingerprint density at radius 2 is 1.58 bits per heavy atom. The lowest BCUT2D eigenvalue weighted by molar-refractivity contribution is -0.118. The maximum atomic E-state index is 12.2. The maximum Gasteiger partial charge on any atom is 0.255 e. The molecule has 24 heavy (non-hydrogen) atoms. The van der Waals surface area contributed by atoms with Gasteiger partial charge in [0.1, 0.15) is 5.75 Å². The summed E-state index contributed by atoms with van der Waals surface area (Å²) in [5, 5.41) is 5.94. The molecular formula is C18H19ClN2O3. The molecule has 0 saturated heterocycles. The average molecular weight is 347 g/mol. The number of anilines is 2. The molecule has 2 N–H and O–H groups in total. The highest BCUT2D eigenvalue weighted by atomic mass is 35.5. The van der Waals surface area contributed by atoms with Gasteiger partial charge < -0.3 is 15.4 Å². The monoisotopic (exact) mass is 346 g/mol. The van der Waals surface area contributed by atoms with Crippen LogP contribution in [0.5, 0.6) is 5.75 Å². The van der Waals surface area contributed by atoms with Crippen LogP contribution < -0.4 is 15.4 Å². The van der Waals surface area contributed by atoms with E-state index in [1.165, 1.54) is 7.11 Å². The Labute approximate surface area is 146 Å². The van der Waals surface area contributed by atoms with E-state index in [4.69, 9.17) is 16.3 Å². The largest absolute Gasteiger partial charge is 0.495 e. The van der Waals surface area contributed by atoms with Gasteiger partial charge in [-0.1, -0.05) is 25.4 Å². The third kappa shape index (κ3) is 4.49. The number of nitrogens with one attached hydrogen (secondary N) is 2. The molecule has 2 amide bonds. The van der Waals surface area contributed by atoms with Crippen molar-refractivity contribution < 1.29 is 14.3 Å². The van der Waals surface area contributed by atoms with Crippen molar-refractivity contribution in [2.75, 3.05) is 17.7 Å². The average Bonchev–Trinajstić information content (AvgIpc) is 2.56. The first-order chi connectivity index (χ1) is 11.4. The zero-order valence-electron chi connectivity index (χ0n) is 13.7. The summed E-state index contributed by atoms with van der Waals surface area (Å²) in [5.74, 6) is 0.0841. The zero-order chi connectivity index (χ0) is 17.7. The molecule has 0 radical (unpaired) electrons. The van der Waals surface area contributed by atoms with Crippen LogP contribution in [0.15, 0.2) is 42.5 Å². The van der Waals surface area contributed by atoms with Crippen LogP contribution in [0, 0.1) is 5.92 Å². The van der Waals surface area contributed by atoms with Crippen LogP contribution in [0.3, 0.4) is 0 Å². The number of amides is 2. The lowest BCUT2D eigenvalue weighted by atomic mass is 10.2. The minimum absolute atomic E-state index is 0.0559. The van der Waals surface area contributed by atoms with E-state index in [0.29, 0.717) is 27.7 Å². The molecular weight excluding hydrogens is 328 g/mol. The van der Waals surface area contributed by atoms with E-state index in [0.717, 1.165) is 0 Å². The number of ether oxygens (including phenoxy) is 1. The third-order valence-electron chi connectivity index (χ3n) is 3.35. The fraction of sp³-hybridized carbons (Fsp3) is 0.222. The van der Waals surface area contributed by atoms with Gasteiger partial charge in [0.15, 0.2) is 0 Å². The van der Waals surface area contributed by atoms with Crippen LogP contribution in [-0.2, 0) is 4.79 Å². The molecule has 0 atom stereocenters. The van der Waals surface area contributed by atoms with Crippen LogP contribution in [0.1, 0.15) is 24.2 Å². The minimum Gasteiger partial charge on any atom is -0.495 e. The lowest BCUT2D eigenvalue weighted by Crippen LogP contribution is -2.17. The first-order valence-corrected chi connectivity index (χ1v) is 7.84. The molecule has 0 aliphatic rings. The van der Waals surface area contributed by atoms with Gasteiger partial charge in [-0.2, -0.15) is 0 Å². The molecule has 0 aliphatic heterocycles. The molecule has 0 heterocycles. The van der Waals surface area contributed by atoms with Crippen molar-refractivity contribution >= 4 is 34.8 Å². The third-order valence-corrected chi connectivity index (χ3v) is 3.64. The van der Waals surface area contributed by atoms with Crippen LogP contribution in [0.2, 0.25) is 5.02 Å². The molecule has 2 aromatic rings.